The highest BCUT2D eigenvalue weighted by molar-refractivity contribution is 5.98. The number of hydrogen-bond acceptors (Lipinski definition) is 2. The largest absolute Gasteiger partial charge is 0.469 e. The number of ether oxygens (including phenoxy) is 1. The maximum atomic E-state index is 13.1. The molecule has 5 rings (SSSR count). The molecule has 3 aromatic carbocycles. The molecule has 2 aliphatic heterocycles. The van der Waals surface area contributed by atoms with Crippen LogP contribution in [0.2, 0.25) is 0 Å². The molecule has 2 aliphatic rings. The van der Waals surface area contributed by atoms with Crippen LogP contribution in [0.3, 0.4) is 0 Å². The van der Waals surface area contributed by atoms with Crippen molar-refractivity contribution in [1.82, 2.24) is 4.90 Å². The number of para-hydroxylation sites is 1. The van der Waals surface area contributed by atoms with Gasteiger partial charge in [-0.15, -0.1) is 0 Å². The summed E-state index contributed by atoms with van der Waals surface area (Å²) in [5.74, 6) is 0.802. The molecule has 0 aliphatic carbocycles. The van der Waals surface area contributed by atoms with Gasteiger partial charge in [-0.1, -0.05) is 72.8 Å². The third kappa shape index (κ3) is 2.88. The second kappa shape index (κ2) is 6.83. The fourth-order valence-electron chi connectivity index (χ4n) is 4.75. The number of carbonyl (C=O) groups excluding carboxylic acids is 1. The van der Waals surface area contributed by atoms with Gasteiger partial charge in [-0.3, -0.25) is 4.79 Å². The number of hydrogen-bond donors (Lipinski definition) is 0. The first kappa shape index (κ1) is 17.1. The number of benzene rings is 3. The Hall–Kier alpha value is -3.07. The van der Waals surface area contributed by atoms with Crippen LogP contribution in [-0.2, 0) is 12.8 Å². The van der Waals surface area contributed by atoms with Crippen LogP contribution in [0.25, 0.3) is 0 Å². The average Bonchev–Trinajstić information content (AvgIpc) is 3.08. The van der Waals surface area contributed by atoms with Crippen LogP contribution < -0.4 is 4.74 Å². The summed E-state index contributed by atoms with van der Waals surface area (Å²) in [6.07, 6.45) is 2.47. The van der Waals surface area contributed by atoms with E-state index in [2.05, 4.69) is 48.5 Å². The van der Waals surface area contributed by atoms with E-state index in [1.54, 1.807) is 0 Å². The molecule has 1 fully saturated rings. The number of nitrogens with zero attached hydrogens (tertiary/aromatic N) is 1. The van der Waals surface area contributed by atoms with Gasteiger partial charge in [-0.05, 0) is 42.5 Å². The van der Waals surface area contributed by atoms with Crippen molar-refractivity contribution >= 4 is 5.91 Å². The molecule has 0 saturated carbocycles. The Balaban J connectivity index is 1.56. The maximum Gasteiger partial charge on any atom is 0.260 e. The fraction of sp³-hybridized carbons (Fsp3) is 0.240. The number of fused-ring (bicyclic) bond motifs is 2. The molecule has 28 heavy (non-hydrogen) atoms. The lowest BCUT2D eigenvalue weighted by molar-refractivity contribution is -0.0221. The van der Waals surface area contributed by atoms with Crippen molar-refractivity contribution in [3.05, 3.63) is 102 Å². The summed E-state index contributed by atoms with van der Waals surface area (Å²) in [5.41, 5.74) is 3.10. The van der Waals surface area contributed by atoms with E-state index in [4.69, 9.17) is 4.74 Å². The number of rotatable bonds is 4. The summed E-state index contributed by atoms with van der Waals surface area (Å²) in [5, 5.41) is 0. The second-order valence-corrected chi connectivity index (χ2v) is 7.90. The van der Waals surface area contributed by atoms with E-state index in [1.165, 1.54) is 11.1 Å². The van der Waals surface area contributed by atoms with Crippen LogP contribution in [-0.4, -0.2) is 23.6 Å². The van der Waals surface area contributed by atoms with E-state index in [-0.39, 0.29) is 17.6 Å². The highest BCUT2D eigenvalue weighted by Crippen LogP contribution is 2.47. The zero-order valence-electron chi connectivity index (χ0n) is 15.8. The first-order valence-electron chi connectivity index (χ1n) is 9.90. The Labute approximate surface area is 165 Å². The molecular weight excluding hydrogens is 346 g/mol. The number of amides is 1. The molecular formula is C25H23NO2. The summed E-state index contributed by atoms with van der Waals surface area (Å²) in [4.78, 5) is 15.1. The van der Waals surface area contributed by atoms with Gasteiger partial charge in [-0.2, -0.15) is 0 Å². The van der Waals surface area contributed by atoms with Crippen LogP contribution in [0.4, 0.5) is 0 Å². The topological polar surface area (TPSA) is 29.5 Å². The van der Waals surface area contributed by atoms with Gasteiger partial charge in [0.05, 0.1) is 5.56 Å². The zero-order chi connectivity index (χ0) is 19.0. The third-order valence-electron chi connectivity index (χ3n) is 6.07. The summed E-state index contributed by atoms with van der Waals surface area (Å²) in [6.45, 7) is 0.734. The standard InChI is InChI=1S/C25H23NO2/c27-23-21-13-7-8-14-22(21)28-24-25(15-16-26(23)24,17-19-9-3-1-4-10-19)18-20-11-5-2-6-12-20/h1-14,24H,15-18H2. The zero-order valence-corrected chi connectivity index (χ0v) is 15.8. The van der Waals surface area contributed by atoms with Crippen LogP contribution in [0, 0.1) is 5.41 Å². The minimum atomic E-state index is -0.240. The Kier molecular flexibility index (Phi) is 4.16. The summed E-state index contributed by atoms with van der Waals surface area (Å²) >= 11 is 0. The Bertz CT molecular complexity index is 942. The summed E-state index contributed by atoms with van der Waals surface area (Å²) < 4.78 is 6.49. The van der Waals surface area contributed by atoms with E-state index in [0.29, 0.717) is 11.3 Å². The molecule has 1 saturated heterocycles. The molecule has 3 heteroatoms. The van der Waals surface area contributed by atoms with Gasteiger partial charge in [0, 0.05) is 12.0 Å². The minimum absolute atomic E-state index is 0.0925. The molecule has 1 unspecified atom stereocenters. The predicted molar refractivity (Wildman–Crippen MR) is 109 cm³/mol. The van der Waals surface area contributed by atoms with Gasteiger partial charge < -0.3 is 9.64 Å². The summed E-state index contributed by atoms with van der Waals surface area (Å²) in [7, 11) is 0. The SMILES string of the molecule is O=C1c2ccccc2OC2N1CCC2(Cc1ccccc1)Cc1ccccc1. The molecule has 0 radical (unpaired) electrons. The van der Waals surface area contributed by atoms with Gasteiger partial charge in [0.15, 0.2) is 6.23 Å². The van der Waals surface area contributed by atoms with E-state index in [9.17, 15) is 4.79 Å². The first-order valence-corrected chi connectivity index (χ1v) is 9.90. The van der Waals surface area contributed by atoms with Crippen molar-refractivity contribution in [3.63, 3.8) is 0 Å². The predicted octanol–water partition coefficient (Wildman–Crippen LogP) is 4.72. The van der Waals surface area contributed by atoms with E-state index in [0.717, 1.165) is 25.8 Å². The second-order valence-electron chi connectivity index (χ2n) is 7.90. The van der Waals surface area contributed by atoms with Crippen molar-refractivity contribution in [1.29, 1.82) is 0 Å². The Morgan fingerprint density at radius 1 is 0.821 bits per heavy atom. The molecule has 3 nitrogen and oxygen atoms in total. The van der Waals surface area contributed by atoms with Gasteiger partial charge in [-0.25, -0.2) is 0 Å². The first-order chi connectivity index (χ1) is 13.8. The van der Waals surface area contributed by atoms with Crippen LogP contribution in [0.5, 0.6) is 5.75 Å². The average molecular weight is 369 g/mol. The van der Waals surface area contributed by atoms with E-state index in [1.807, 2.05) is 41.3 Å². The van der Waals surface area contributed by atoms with E-state index >= 15 is 0 Å². The Morgan fingerprint density at radius 3 is 2.04 bits per heavy atom. The lowest BCUT2D eigenvalue weighted by atomic mass is 9.74. The molecule has 1 atom stereocenters. The normalized spacial score (nSPS) is 19.6. The lowest BCUT2D eigenvalue weighted by Crippen LogP contribution is -2.51. The van der Waals surface area contributed by atoms with Crippen molar-refractivity contribution in [2.24, 2.45) is 5.41 Å². The molecule has 0 N–H and O–H groups in total. The molecule has 1 amide bonds. The molecule has 0 aromatic heterocycles. The van der Waals surface area contributed by atoms with Crippen LogP contribution in [0.1, 0.15) is 27.9 Å². The van der Waals surface area contributed by atoms with Gasteiger partial charge in [0.2, 0.25) is 0 Å². The smallest absolute Gasteiger partial charge is 0.260 e. The van der Waals surface area contributed by atoms with Crippen molar-refractivity contribution in [2.75, 3.05) is 6.54 Å². The third-order valence-corrected chi connectivity index (χ3v) is 6.07. The molecule has 0 bridgehead atoms. The van der Waals surface area contributed by atoms with Gasteiger partial charge >= 0.3 is 0 Å². The van der Waals surface area contributed by atoms with Crippen LogP contribution in [0.15, 0.2) is 84.9 Å². The Morgan fingerprint density at radius 2 is 1.39 bits per heavy atom. The lowest BCUT2D eigenvalue weighted by Gasteiger charge is -2.41. The quantitative estimate of drug-likeness (QED) is 0.666. The molecule has 2 heterocycles. The van der Waals surface area contributed by atoms with Crippen LogP contribution >= 0.6 is 0 Å². The summed E-state index contributed by atoms with van der Waals surface area (Å²) in [6, 6.07) is 28.7. The molecule has 3 aromatic rings. The van der Waals surface area contributed by atoms with Crippen molar-refractivity contribution in [2.45, 2.75) is 25.5 Å². The van der Waals surface area contributed by atoms with Crippen molar-refractivity contribution in [3.8, 4) is 5.75 Å². The number of carbonyl (C=O) groups is 1. The highest BCUT2D eigenvalue weighted by Gasteiger charge is 2.53. The molecule has 0 spiro atoms. The van der Waals surface area contributed by atoms with Gasteiger partial charge in [0.1, 0.15) is 5.75 Å². The van der Waals surface area contributed by atoms with E-state index < -0.39 is 0 Å². The van der Waals surface area contributed by atoms with Crippen molar-refractivity contribution < 1.29 is 9.53 Å². The highest BCUT2D eigenvalue weighted by atomic mass is 16.5. The molecule has 140 valence electrons. The maximum absolute atomic E-state index is 13.1. The monoisotopic (exact) mass is 369 g/mol. The minimum Gasteiger partial charge on any atom is -0.469 e. The fourth-order valence-corrected chi connectivity index (χ4v) is 4.75. The van der Waals surface area contributed by atoms with Gasteiger partial charge in [0.25, 0.3) is 5.91 Å².